The van der Waals surface area contributed by atoms with Crippen molar-refractivity contribution in [1.29, 1.82) is 0 Å². The van der Waals surface area contributed by atoms with Gasteiger partial charge in [-0.25, -0.2) is 0 Å². The zero-order chi connectivity index (χ0) is 25.7. The second-order valence-corrected chi connectivity index (χ2v) is 9.70. The highest BCUT2D eigenvalue weighted by Gasteiger charge is 2.18. The van der Waals surface area contributed by atoms with Crippen LogP contribution in [0.4, 0.5) is 22.7 Å². The van der Waals surface area contributed by atoms with E-state index in [-0.39, 0.29) is 0 Å². The molecule has 3 aromatic rings. The van der Waals surface area contributed by atoms with Crippen molar-refractivity contribution >= 4 is 22.7 Å². The van der Waals surface area contributed by atoms with Crippen molar-refractivity contribution in [2.45, 2.75) is 40.5 Å². The minimum absolute atomic E-state index is 0.930. The monoisotopic (exact) mass is 472 g/mol. The van der Waals surface area contributed by atoms with Crippen LogP contribution in [0.25, 0.3) is 0 Å². The molecule has 0 N–H and O–H groups in total. The Morgan fingerprint density at radius 1 is 0.639 bits per heavy atom. The summed E-state index contributed by atoms with van der Waals surface area (Å²) in [6.45, 7) is 16.8. The lowest BCUT2D eigenvalue weighted by atomic mass is 10.0. The first kappa shape index (κ1) is 25.1. The Balaban J connectivity index is 1.74. The fourth-order valence-electron chi connectivity index (χ4n) is 4.33. The average molecular weight is 473 g/mol. The Hall–Kier alpha value is -4.04. The van der Waals surface area contributed by atoms with E-state index >= 15 is 0 Å². The number of aryl methyl sites for hydroxylation is 2. The molecule has 1 aliphatic rings. The molecule has 36 heavy (non-hydrogen) atoms. The number of anilines is 4. The summed E-state index contributed by atoms with van der Waals surface area (Å²) >= 11 is 0. The third-order valence-electron chi connectivity index (χ3n) is 6.42. The van der Waals surface area contributed by atoms with Crippen LogP contribution in [-0.4, -0.2) is 0 Å². The number of rotatable bonds is 8. The van der Waals surface area contributed by atoms with Gasteiger partial charge in [0.1, 0.15) is 0 Å². The van der Waals surface area contributed by atoms with Gasteiger partial charge in [0.25, 0.3) is 0 Å². The van der Waals surface area contributed by atoms with E-state index < -0.39 is 0 Å². The molecule has 0 amide bonds. The van der Waals surface area contributed by atoms with Gasteiger partial charge in [-0.15, -0.1) is 0 Å². The van der Waals surface area contributed by atoms with Gasteiger partial charge in [-0.3, -0.25) is 0 Å². The van der Waals surface area contributed by atoms with Gasteiger partial charge >= 0.3 is 0 Å². The van der Waals surface area contributed by atoms with E-state index in [1.165, 1.54) is 22.4 Å². The zero-order valence-electron chi connectivity index (χ0n) is 22.0. The standard InChI is InChI=1S/C34H36N2/c1-25(2)7-14-29(6)35(30-15-8-26(3)9-16-30)31-21-23-34(24-22-31)36(32-17-10-27(4)11-18-32)33-19-12-28(5)13-20-33/h7-8,10-15,17-24H,1,6,9,16H2,2-5H3/b14-7-. The quantitative estimate of drug-likeness (QED) is 0.301. The molecule has 0 saturated carbocycles. The van der Waals surface area contributed by atoms with E-state index in [4.69, 9.17) is 0 Å². The molecule has 0 radical (unpaired) electrons. The van der Waals surface area contributed by atoms with Crippen LogP contribution in [0, 0.1) is 13.8 Å². The molecule has 0 heterocycles. The second kappa shape index (κ2) is 11.1. The minimum Gasteiger partial charge on any atom is -0.315 e. The maximum absolute atomic E-state index is 4.39. The predicted molar refractivity (Wildman–Crippen MR) is 157 cm³/mol. The summed E-state index contributed by atoms with van der Waals surface area (Å²) in [4.78, 5) is 4.56. The molecule has 3 aromatic carbocycles. The summed E-state index contributed by atoms with van der Waals surface area (Å²) in [6, 6.07) is 26.2. The molecule has 0 saturated heterocycles. The van der Waals surface area contributed by atoms with Crippen molar-refractivity contribution in [3.8, 4) is 0 Å². The van der Waals surface area contributed by atoms with Crippen LogP contribution in [0.15, 0.2) is 133 Å². The number of benzene rings is 3. The number of allylic oxidation sites excluding steroid dienone is 7. The molecule has 1 aliphatic carbocycles. The fraction of sp³-hybridized carbons (Fsp3) is 0.176. The first-order valence-corrected chi connectivity index (χ1v) is 12.5. The molecule has 0 bridgehead atoms. The highest BCUT2D eigenvalue weighted by atomic mass is 15.2. The lowest BCUT2D eigenvalue weighted by Gasteiger charge is -2.31. The van der Waals surface area contributed by atoms with Crippen LogP contribution in [-0.2, 0) is 0 Å². The van der Waals surface area contributed by atoms with Gasteiger partial charge in [0.15, 0.2) is 0 Å². The van der Waals surface area contributed by atoms with Crippen molar-refractivity contribution in [1.82, 2.24) is 0 Å². The third kappa shape index (κ3) is 5.95. The van der Waals surface area contributed by atoms with Crippen LogP contribution >= 0.6 is 0 Å². The molecule has 0 aromatic heterocycles. The lowest BCUT2D eigenvalue weighted by molar-refractivity contribution is 0.864. The molecule has 0 fully saturated rings. The van der Waals surface area contributed by atoms with E-state index in [1.807, 2.05) is 19.1 Å². The predicted octanol–water partition coefficient (Wildman–Crippen LogP) is 9.85. The molecule has 0 aliphatic heterocycles. The first-order chi connectivity index (χ1) is 17.3. The highest BCUT2D eigenvalue weighted by molar-refractivity contribution is 5.78. The van der Waals surface area contributed by atoms with Crippen LogP contribution in [0.3, 0.4) is 0 Å². The molecule has 182 valence electrons. The summed E-state index contributed by atoms with van der Waals surface area (Å²) in [5.41, 5.74) is 11.6. The van der Waals surface area contributed by atoms with E-state index in [9.17, 15) is 0 Å². The van der Waals surface area contributed by atoms with Crippen molar-refractivity contribution in [2.75, 3.05) is 9.80 Å². The van der Waals surface area contributed by atoms with Crippen LogP contribution in [0.2, 0.25) is 0 Å². The summed E-state index contributed by atoms with van der Waals surface area (Å²) in [5, 5.41) is 0. The Morgan fingerprint density at radius 3 is 1.56 bits per heavy atom. The smallest absolute Gasteiger partial charge is 0.0463 e. The minimum atomic E-state index is 0.930. The molecule has 2 nitrogen and oxygen atoms in total. The van der Waals surface area contributed by atoms with Gasteiger partial charge in [0, 0.05) is 34.1 Å². The van der Waals surface area contributed by atoms with E-state index in [1.54, 1.807) is 0 Å². The number of nitrogens with zero attached hydrogens (tertiary/aromatic N) is 2. The summed E-state index contributed by atoms with van der Waals surface area (Å²) in [5.74, 6) is 0. The third-order valence-corrected chi connectivity index (χ3v) is 6.42. The normalized spacial score (nSPS) is 13.2. The van der Waals surface area contributed by atoms with Gasteiger partial charge in [0.05, 0.1) is 0 Å². The molecular formula is C34H36N2. The topological polar surface area (TPSA) is 6.48 Å². The molecular weight excluding hydrogens is 436 g/mol. The Labute approximate surface area is 216 Å². The summed E-state index contributed by atoms with van der Waals surface area (Å²) in [6.07, 6.45) is 10.6. The maximum Gasteiger partial charge on any atom is 0.0463 e. The van der Waals surface area contributed by atoms with Crippen LogP contribution < -0.4 is 9.80 Å². The maximum atomic E-state index is 4.39. The van der Waals surface area contributed by atoms with Gasteiger partial charge in [-0.1, -0.05) is 71.8 Å². The number of hydrogen-bond acceptors (Lipinski definition) is 2. The molecule has 4 rings (SSSR count). The van der Waals surface area contributed by atoms with Gasteiger partial charge in [0.2, 0.25) is 0 Å². The van der Waals surface area contributed by atoms with Crippen molar-refractivity contribution in [3.63, 3.8) is 0 Å². The van der Waals surface area contributed by atoms with Crippen LogP contribution in [0.5, 0.6) is 0 Å². The van der Waals surface area contributed by atoms with Gasteiger partial charge in [-0.05, 0) is 101 Å². The summed E-state index contributed by atoms with van der Waals surface area (Å²) in [7, 11) is 0. The second-order valence-electron chi connectivity index (χ2n) is 9.70. The molecule has 2 heteroatoms. The van der Waals surface area contributed by atoms with Crippen LogP contribution in [0.1, 0.15) is 37.8 Å². The van der Waals surface area contributed by atoms with E-state index in [2.05, 4.69) is 129 Å². The molecule has 0 atom stereocenters. The van der Waals surface area contributed by atoms with Gasteiger partial charge in [-0.2, -0.15) is 0 Å². The Kier molecular flexibility index (Phi) is 7.75. The van der Waals surface area contributed by atoms with Crippen molar-refractivity contribution in [3.05, 3.63) is 144 Å². The molecule has 0 unspecified atom stereocenters. The number of hydrogen-bond donors (Lipinski definition) is 0. The van der Waals surface area contributed by atoms with E-state index in [0.29, 0.717) is 0 Å². The molecule has 0 spiro atoms. The average Bonchev–Trinajstić information content (AvgIpc) is 2.87. The Morgan fingerprint density at radius 2 is 1.11 bits per heavy atom. The lowest BCUT2D eigenvalue weighted by Crippen LogP contribution is -2.21. The van der Waals surface area contributed by atoms with Crippen molar-refractivity contribution in [2.24, 2.45) is 0 Å². The van der Waals surface area contributed by atoms with E-state index in [0.717, 1.165) is 46.9 Å². The zero-order valence-corrected chi connectivity index (χ0v) is 22.0. The Bertz CT molecular complexity index is 1270. The SMILES string of the molecule is C=C(C)/C=C\C(=C)N(C1=CC=C(C)CC1)c1ccc(N(c2ccc(C)cc2)c2ccc(C)cc2)cc1. The fourth-order valence-corrected chi connectivity index (χ4v) is 4.33. The van der Waals surface area contributed by atoms with Crippen molar-refractivity contribution < 1.29 is 0 Å². The summed E-state index contributed by atoms with van der Waals surface area (Å²) < 4.78 is 0. The van der Waals surface area contributed by atoms with Gasteiger partial charge < -0.3 is 9.80 Å². The first-order valence-electron chi connectivity index (χ1n) is 12.5. The highest BCUT2D eigenvalue weighted by Crippen LogP contribution is 2.37. The largest absolute Gasteiger partial charge is 0.315 e.